The first-order valence-corrected chi connectivity index (χ1v) is 13.2. The number of ether oxygens (including phenoxy) is 1. The number of sulfonamides is 1. The Morgan fingerprint density at radius 3 is 2.36 bits per heavy atom. The van der Waals surface area contributed by atoms with E-state index in [4.69, 9.17) is 4.74 Å². The van der Waals surface area contributed by atoms with Crippen molar-refractivity contribution in [3.8, 4) is 5.75 Å². The lowest BCUT2D eigenvalue weighted by Gasteiger charge is -2.23. The molecule has 8 nitrogen and oxygen atoms in total. The molecule has 3 aromatic carbocycles. The van der Waals surface area contributed by atoms with Crippen LogP contribution in [-0.4, -0.2) is 45.3 Å². The minimum atomic E-state index is -3.89. The van der Waals surface area contributed by atoms with E-state index in [0.717, 1.165) is 5.56 Å². The van der Waals surface area contributed by atoms with Gasteiger partial charge in [-0.15, -0.1) is 0 Å². The van der Waals surface area contributed by atoms with Crippen molar-refractivity contribution in [1.82, 2.24) is 4.90 Å². The van der Waals surface area contributed by atoms with Crippen LogP contribution in [0.2, 0.25) is 0 Å². The van der Waals surface area contributed by atoms with Crippen molar-refractivity contribution in [2.45, 2.75) is 24.8 Å². The van der Waals surface area contributed by atoms with Crippen LogP contribution in [0.5, 0.6) is 5.75 Å². The highest BCUT2D eigenvalue weighted by Crippen LogP contribution is 2.32. The summed E-state index contributed by atoms with van der Waals surface area (Å²) in [6, 6.07) is 22.8. The van der Waals surface area contributed by atoms with Crippen molar-refractivity contribution in [1.29, 1.82) is 0 Å². The topological polar surface area (TPSA) is 96.0 Å². The van der Waals surface area contributed by atoms with Crippen molar-refractivity contribution < 1.29 is 22.7 Å². The molecule has 188 valence electrons. The van der Waals surface area contributed by atoms with E-state index >= 15 is 0 Å². The van der Waals surface area contributed by atoms with Gasteiger partial charge in [-0.25, -0.2) is 8.42 Å². The standard InChI is InChI=1S/C27H29N3O5S/c1-3-30(22-12-8-5-9-13-22)36(33,34)23-14-15-25(35-2)24(17-23)28-27(32)21-16-26(31)29(19-21)18-20-10-6-4-7-11-20/h4-15,17,21H,3,16,18-19H2,1-2H3,(H,28,32)/t21-/m1/s1. The Kier molecular flexibility index (Phi) is 7.59. The average molecular weight is 508 g/mol. The summed E-state index contributed by atoms with van der Waals surface area (Å²) < 4.78 is 33.5. The Hall–Kier alpha value is -3.85. The lowest BCUT2D eigenvalue weighted by molar-refractivity contribution is -0.128. The van der Waals surface area contributed by atoms with Gasteiger partial charge in [-0.1, -0.05) is 48.5 Å². The summed E-state index contributed by atoms with van der Waals surface area (Å²) in [5, 5.41) is 2.79. The van der Waals surface area contributed by atoms with E-state index < -0.39 is 15.9 Å². The number of amides is 2. The molecule has 1 heterocycles. The number of hydrogen-bond donors (Lipinski definition) is 1. The molecule has 0 bridgehead atoms. The molecule has 1 fully saturated rings. The van der Waals surface area contributed by atoms with E-state index in [0.29, 0.717) is 18.0 Å². The van der Waals surface area contributed by atoms with E-state index in [9.17, 15) is 18.0 Å². The number of anilines is 2. The summed E-state index contributed by atoms with van der Waals surface area (Å²) in [6.07, 6.45) is 0.0938. The smallest absolute Gasteiger partial charge is 0.264 e. The molecule has 1 aliphatic heterocycles. The van der Waals surface area contributed by atoms with Crippen LogP contribution in [0.3, 0.4) is 0 Å². The Labute approximate surface area is 211 Å². The molecular weight excluding hydrogens is 478 g/mol. The fraction of sp³-hybridized carbons (Fsp3) is 0.259. The largest absolute Gasteiger partial charge is 0.495 e. The fourth-order valence-electron chi connectivity index (χ4n) is 4.30. The van der Waals surface area contributed by atoms with Gasteiger partial charge >= 0.3 is 0 Å². The van der Waals surface area contributed by atoms with Gasteiger partial charge in [-0.3, -0.25) is 13.9 Å². The molecule has 2 amide bonds. The first-order valence-electron chi connectivity index (χ1n) is 11.7. The number of nitrogens with zero attached hydrogens (tertiary/aromatic N) is 2. The molecule has 36 heavy (non-hydrogen) atoms. The Balaban J connectivity index is 1.53. The molecule has 1 N–H and O–H groups in total. The predicted molar refractivity (Wildman–Crippen MR) is 138 cm³/mol. The zero-order valence-corrected chi connectivity index (χ0v) is 21.1. The van der Waals surface area contributed by atoms with Crippen LogP contribution in [0.4, 0.5) is 11.4 Å². The average Bonchev–Trinajstić information content (AvgIpc) is 3.25. The zero-order valence-electron chi connectivity index (χ0n) is 20.3. The Morgan fingerprint density at radius 1 is 1.06 bits per heavy atom. The minimum Gasteiger partial charge on any atom is -0.495 e. The highest BCUT2D eigenvalue weighted by molar-refractivity contribution is 7.92. The number of carbonyl (C=O) groups excluding carboxylic acids is 2. The molecule has 1 atom stereocenters. The lowest BCUT2D eigenvalue weighted by Crippen LogP contribution is -2.31. The third kappa shape index (κ3) is 5.36. The Bertz CT molecular complexity index is 1330. The van der Waals surface area contributed by atoms with Crippen LogP contribution >= 0.6 is 0 Å². The molecule has 1 aliphatic rings. The molecule has 4 rings (SSSR count). The molecule has 0 unspecified atom stereocenters. The van der Waals surface area contributed by atoms with E-state index in [1.807, 2.05) is 36.4 Å². The third-order valence-electron chi connectivity index (χ3n) is 6.15. The SMILES string of the molecule is CCN(c1ccccc1)S(=O)(=O)c1ccc(OC)c(NC(=O)[C@@H]2CC(=O)N(Cc3ccccc3)C2)c1. The van der Waals surface area contributed by atoms with Crippen molar-refractivity contribution in [3.63, 3.8) is 0 Å². The summed E-state index contributed by atoms with van der Waals surface area (Å²) >= 11 is 0. The molecule has 0 aromatic heterocycles. The molecule has 0 radical (unpaired) electrons. The minimum absolute atomic E-state index is 0.0255. The van der Waals surface area contributed by atoms with Crippen LogP contribution < -0.4 is 14.4 Å². The fourth-order valence-corrected chi connectivity index (χ4v) is 5.80. The van der Waals surface area contributed by atoms with E-state index in [1.54, 1.807) is 36.1 Å². The van der Waals surface area contributed by atoms with Gasteiger partial charge in [-0.2, -0.15) is 0 Å². The maximum absolute atomic E-state index is 13.4. The first-order chi connectivity index (χ1) is 17.3. The van der Waals surface area contributed by atoms with Gasteiger partial charge in [0.15, 0.2) is 0 Å². The summed E-state index contributed by atoms with van der Waals surface area (Å²) in [5.74, 6) is -0.677. The monoisotopic (exact) mass is 507 g/mol. The second-order valence-electron chi connectivity index (χ2n) is 8.52. The molecule has 3 aromatic rings. The number of rotatable bonds is 9. The van der Waals surface area contributed by atoms with Crippen LogP contribution in [-0.2, 0) is 26.2 Å². The third-order valence-corrected chi connectivity index (χ3v) is 8.05. The summed E-state index contributed by atoms with van der Waals surface area (Å²) in [5.41, 5.74) is 1.77. The van der Waals surface area contributed by atoms with E-state index in [2.05, 4.69) is 5.32 Å². The molecule has 0 aliphatic carbocycles. The van der Waals surface area contributed by atoms with Crippen molar-refractivity contribution in [3.05, 3.63) is 84.4 Å². The zero-order chi connectivity index (χ0) is 25.7. The van der Waals surface area contributed by atoms with Crippen LogP contribution in [0, 0.1) is 5.92 Å². The van der Waals surface area contributed by atoms with Gasteiger partial charge in [-0.05, 0) is 42.8 Å². The van der Waals surface area contributed by atoms with Crippen molar-refractivity contribution in [2.24, 2.45) is 5.92 Å². The second kappa shape index (κ2) is 10.8. The van der Waals surface area contributed by atoms with Gasteiger partial charge in [0.25, 0.3) is 10.0 Å². The summed E-state index contributed by atoms with van der Waals surface area (Å²) in [6.45, 7) is 2.72. The van der Waals surface area contributed by atoms with Gasteiger partial charge in [0.2, 0.25) is 11.8 Å². The molecule has 0 spiro atoms. The van der Waals surface area contributed by atoms with Crippen LogP contribution in [0.25, 0.3) is 0 Å². The maximum atomic E-state index is 13.4. The number of para-hydroxylation sites is 1. The summed E-state index contributed by atoms with van der Waals surface area (Å²) in [7, 11) is -2.45. The Morgan fingerprint density at radius 2 is 1.72 bits per heavy atom. The first kappa shape index (κ1) is 25.2. The quantitative estimate of drug-likeness (QED) is 0.474. The van der Waals surface area contributed by atoms with Crippen molar-refractivity contribution in [2.75, 3.05) is 29.8 Å². The molecule has 9 heteroatoms. The normalized spacial score (nSPS) is 15.6. The predicted octanol–water partition coefficient (Wildman–Crippen LogP) is 3.90. The number of hydrogen-bond acceptors (Lipinski definition) is 5. The van der Waals surface area contributed by atoms with E-state index in [1.165, 1.54) is 29.6 Å². The lowest BCUT2D eigenvalue weighted by atomic mass is 10.1. The molecule has 1 saturated heterocycles. The number of carbonyl (C=O) groups is 2. The van der Waals surface area contributed by atoms with Crippen LogP contribution in [0.1, 0.15) is 18.9 Å². The van der Waals surface area contributed by atoms with Crippen molar-refractivity contribution >= 4 is 33.2 Å². The summed E-state index contributed by atoms with van der Waals surface area (Å²) in [4.78, 5) is 27.3. The maximum Gasteiger partial charge on any atom is 0.264 e. The number of nitrogens with one attached hydrogen (secondary N) is 1. The van der Waals surface area contributed by atoms with Gasteiger partial charge in [0.05, 0.1) is 29.3 Å². The van der Waals surface area contributed by atoms with Gasteiger partial charge in [0, 0.05) is 26.1 Å². The molecule has 0 saturated carbocycles. The highest BCUT2D eigenvalue weighted by atomic mass is 32.2. The molecular formula is C27H29N3O5S. The number of benzene rings is 3. The highest BCUT2D eigenvalue weighted by Gasteiger charge is 2.35. The number of methoxy groups -OCH3 is 1. The van der Waals surface area contributed by atoms with E-state index in [-0.39, 0.29) is 41.9 Å². The second-order valence-corrected chi connectivity index (χ2v) is 10.4. The van der Waals surface area contributed by atoms with Gasteiger partial charge < -0.3 is 15.0 Å². The van der Waals surface area contributed by atoms with Crippen LogP contribution in [0.15, 0.2) is 83.8 Å². The van der Waals surface area contributed by atoms with Gasteiger partial charge in [0.1, 0.15) is 5.75 Å². The number of likely N-dealkylation sites (tertiary alicyclic amines) is 1.